The number of hydrogen-bond acceptors (Lipinski definition) is 4. The zero-order valence-electron chi connectivity index (χ0n) is 13.0. The second kappa shape index (κ2) is 10.9. The van der Waals surface area contributed by atoms with Crippen molar-refractivity contribution >= 4 is 42.5 Å². The second-order valence-electron chi connectivity index (χ2n) is 5.43. The van der Waals surface area contributed by atoms with Crippen LogP contribution in [0.5, 0.6) is 0 Å². The number of hydrogen-bond donors (Lipinski definition) is 1. The molecule has 2 atom stereocenters. The minimum absolute atomic E-state index is 0. The van der Waals surface area contributed by atoms with Crippen LogP contribution in [0.2, 0.25) is 0 Å². The van der Waals surface area contributed by atoms with E-state index in [4.69, 9.17) is 0 Å². The zero-order chi connectivity index (χ0) is 13.7. The summed E-state index contributed by atoms with van der Waals surface area (Å²) in [6.45, 7) is 9.51. The van der Waals surface area contributed by atoms with E-state index < -0.39 is 0 Å². The standard InChI is InChI=1S/C14H27N3OS.2ClH/c1-3-16(4-2)13-5-7-17(10-13)14(18)9-12-11-19-8-6-15-12;;/h12-13,15H,3-11H2,1-2H3;2*1H. The molecule has 21 heavy (non-hydrogen) atoms. The van der Waals surface area contributed by atoms with Crippen LogP contribution in [0, 0.1) is 0 Å². The third kappa shape index (κ3) is 6.14. The molecule has 1 amide bonds. The largest absolute Gasteiger partial charge is 0.341 e. The molecule has 0 aromatic carbocycles. The van der Waals surface area contributed by atoms with Gasteiger partial charge < -0.3 is 10.2 Å². The van der Waals surface area contributed by atoms with Crippen LogP contribution in [0.3, 0.4) is 0 Å². The van der Waals surface area contributed by atoms with Crippen LogP contribution in [-0.2, 0) is 4.79 Å². The average Bonchev–Trinajstić information content (AvgIpc) is 2.91. The highest BCUT2D eigenvalue weighted by molar-refractivity contribution is 7.99. The lowest BCUT2D eigenvalue weighted by atomic mass is 10.2. The first-order valence-corrected chi connectivity index (χ1v) is 8.73. The number of likely N-dealkylation sites (tertiary alicyclic amines) is 1. The molecule has 2 aliphatic heterocycles. The molecule has 2 rings (SSSR count). The van der Waals surface area contributed by atoms with Gasteiger partial charge in [-0.1, -0.05) is 13.8 Å². The van der Waals surface area contributed by atoms with Gasteiger partial charge in [-0.2, -0.15) is 11.8 Å². The third-order valence-electron chi connectivity index (χ3n) is 4.26. The van der Waals surface area contributed by atoms with E-state index in [0.29, 0.717) is 24.4 Å². The van der Waals surface area contributed by atoms with Crippen molar-refractivity contribution in [2.75, 3.05) is 44.2 Å². The van der Waals surface area contributed by atoms with E-state index in [-0.39, 0.29) is 24.8 Å². The maximum Gasteiger partial charge on any atom is 0.224 e. The fraction of sp³-hybridized carbons (Fsp3) is 0.929. The molecular weight excluding hydrogens is 329 g/mol. The summed E-state index contributed by atoms with van der Waals surface area (Å²) in [6.07, 6.45) is 1.82. The van der Waals surface area contributed by atoms with Crippen molar-refractivity contribution < 1.29 is 4.79 Å². The molecule has 1 N–H and O–H groups in total. The lowest BCUT2D eigenvalue weighted by Gasteiger charge is -2.27. The Morgan fingerprint density at radius 2 is 2.05 bits per heavy atom. The quantitative estimate of drug-likeness (QED) is 0.814. The molecule has 0 bridgehead atoms. The Hall–Kier alpha value is 0.320. The maximum absolute atomic E-state index is 12.3. The van der Waals surface area contributed by atoms with Crippen LogP contribution in [0.15, 0.2) is 0 Å². The number of nitrogens with one attached hydrogen (secondary N) is 1. The van der Waals surface area contributed by atoms with Gasteiger partial charge in [-0.05, 0) is 19.5 Å². The number of rotatable bonds is 5. The minimum atomic E-state index is 0. The molecule has 0 aliphatic carbocycles. The molecule has 2 heterocycles. The highest BCUT2D eigenvalue weighted by Crippen LogP contribution is 2.18. The SMILES string of the molecule is CCN(CC)C1CCN(C(=O)CC2CSCCN2)C1.Cl.Cl. The third-order valence-corrected chi connectivity index (χ3v) is 5.40. The molecule has 0 saturated carbocycles. The van der Waals surface area contributed by atoms with Crippen molar-refractivity contribution in [3.8, 4) is 0 Å². The Morgan fingerprint density at radius 3 is 2.62 bits per heavy atom. The van der Waals surface area contributed by atoms with Crippen molar-refractivity contribution in [2.45, 2.75) is 38.8 Å². The first-order chi connectivity index (χ1) is 9.24. The summed E-state index contributed by atoms with van der Waals surface area (Å²) < 4.78 is 0. The maximum atomic E-state index is 12.3. The first kappa shape index (κ1) is 21.3. The summed E-state index contributed by atoms with van der Waals surface area (Å²) in [4.78, 5) is 16.9. The van der Waals surface area contributed by atoms with Gasteiger partial charge in [0, 0.05) is 49.6 Å². The molecule has 0 aromatic heterocycles. The van der Waals surface area contributed by atoms with Crippen molar-refractivity contribution in [1.29, 1.82) is 0 Å². The topological polar surface area (TPSA) is 35.6 Å². The van der Waals surface area contributed by atoms with Gasteiger partial charge in [-0.25, -0.2) is 0 Å². The normalized spacial score (nSPS) is 25.4. The van der Waals surface area contributed by atoms with E-state index in [1.54, 1.807) is 0 Å². The molecular formula is C14H29Cl2N3OS. The summed E-state index contributed by atoms with van der Waals surface area (Å²) in [5, 5.41) is 3.45. The van der Waals surface area contributed by atoms with E-state index in [0.717, 1.165) is 44.9 Å². The zero-order valence-corrected chi connectivity index (χ0v) is 15.5. The Kier molecular flexibility index (Phi) is 11.1. The summed E-state index contributed by atoms with van der Waals surface area (Å²) >= 11 is 1.96. The van der Waals surface area contributed by atoms with Gasteiger partial charge in [-0.3, -0.25) is 9.69 Å². The molecule has 2 fully saturated rings. The van der Waals surface area contributed by atoms with E-state index in [1.165, 1.54) is 5.75 Å². The fourth-order valence-electron chi connectivity index (χ4n) is 3.10. The molecule has 2 unspecified atom stereocenters. The molecule has 0 radical (unpaired) electrons. The Bertz CT molecular complexity index is 300. The second-order valence-corrected chi connectivity index (χ2v) is 6.58. The van der Waals surface area contributed by atoms with Gasteiger partial charge in [-0.15, -0.1) is 24.8 Å². The van der Waals surface area contributed by atoms with E-state index in [9.17, 15) is 4.79 Å². The van der Waals surface area contributed by atoms with Crippen molar-refractivity contribution in [3.63, 3.8) is 0 Å². The summed E-state index contributed by atoms with van der Waals surface area (Å²) in [7, 11) is 0. The van der Waals surface area contributed by atoms with Crippen molar-refractivity contribution in [2.24, 2.45) is 0 Å². The van der Waals surface area contributed by atoms with Crippen molar-refractivity contribution in [1.82, 2.24) is 15.1 Å². The van der Waals surface area contributed by atoms with Gasteiger partial charge in [0.25, 0.3) is 0 Å². The minimum Gasteiger partial charge on any atom is -0.341 e. The number of thioether (sulfide) groups is 1. The molecule has 0 spiro atoms. The summed E-state index contributed by atoms with van der Waals surface area (Å²) in [5.41, 5.74) is 0. The molecule has 0 aromatic rings. The predicted molar refractivity (Wildman–Crippen MR) is 96.1 cm³/mol. The van der Waals surface area contributed by atoms with E-state index in [1.807, 2.05) is 11.8 Å². The lowest BCUT2D eigenvalue weighted by Crippen LogP contribution is -2.43. The Morgan fingerprint density at radius 1 is 1.33 bits per heavy atom. The van der Waals surface area contributed by atoms with Gasteiger partial charge in [0.15, 0.2) is 0 Å². The van der Waals surface area contributed by atoms with Gasteiger partial charge in [0.05, 0.1) is 0 Å². The first-order valence-electron chi connectivity index (χ1n) is 7.57. The Balaban J connectivity index is 0.00000200. The van der Waals surface area contributed by atoms with Gasteiger partial charge >= 0.3 is 0 Å². The molecule has 2 saturated heterocycles. The van der Waals surface area contributed by atoms with Crippen LogP contribution >= 0.6 is 36.6 Å². The fourth-order valence-corrected chi connectivity index (χ4v) is 4.05. The highest BCUT2D eigenvalue weighted by atomic mass is 35.5. The number of amides is 1. The number of carbonyl (C=O) groups excluding carboxylic acids is 1. The van der Waals surface area contributed by atoms with Crippen LogP contribution in [0.1, 0.15) is 26.7 Å². The Labute approximate surface area is 145 Å². The average molecular weight is 358 g/mol. The number of nitrogens with zero attached hydrogens (tertiary/aromatic N) is 2. The van der Waals surface area contributed by atoms with E-state index >= 15 is 0 Å². The molecule has 7 heteroatoms. The number of carbonyl (C=O) groups is 1. The summed E-state index contributed by atoms with van der Waals surface area (Å²) in [5.74, 6) is 2.60. The van der Waals surface area contributed by atoms with Gasteiger partial charge in [0.2, 0.25) is 5.91 Å². The molecule has 2 aliphatic rings. The highest BCUT2D eigenvalue weighted by Gasteiger charge is 2.30. The predicted octanol–water partition coefficient (Wildman–Crippen LogP) is 1.87. The van der Waals surface area contributed by atoms with Crippen LogP contribution in [0.25, 0.3) is 0 Å². The smallest absolute Gasteiger partial charge is 0.224 e. The van der Waals surface area contributed by atoms with E-state index in [2.05, 4.69) is 29.0 Å². The molecule has 4 nitrogen and oxygen atoms in total. The lowest BCUT2D eigenvalue weighted by molar-refractivity contribution is -0.130. The van der Waals surface area contributed by atoms with Crippen molar-refractivity contribution in [3.05, 3.63) is 0 Å². The van der Waals surface area contributed by atoms with Gasteiger partial charge in [0.1, 0.15) is 0 Å². The van der Waals surface area contributed by atoms with Crippen LogP contribution < -0.4 is 5.32 Å². The van der Waals surface area contributed by atoms with Crippen LogP contribution in [-0.4, -0.2) is 72.0 Å². The molecule has 126 valence electrons. The summed E-state index contributed by atoms with van der Waals surface area (Å²) in [6, 6.07) is 0.964. The number of halogens is 2. The number of likely N-dealkylation sites (N-methyl/N-ethyl adjacent to an activating group) is 1. The monoisotopic (exact) mass is 357 g/mol. The van der Waals surface area contributed by atoms with Crippen LogP contribution in [0.4, 0.5) is 0 Å².